The largest absolute Gasteiger partial charge is 0.542 e. The Balaban J connectivity index is 2.72. The second-order valence-electron chi connectivity index (χ2n) is 9.10. The summed E-state index contributed by atoms with van der Waals surface area (Å²) in [5.74, 6) is 0.425. The molecular formula is C26H38O4Si. The van der Waals surface area contributed by atoms with Crippen LogP contribution in [0.3, 0.4) is 0 Å². The van der Waals surface area contributed by atoms with Crippen molar-refractivity contribution in [1.29, 1.82) is 0 Å². The van der Waals surface area contributed by atoms with Crippen LogP contribution < -0.4 is 4.43 Å². The molecule has 0 radical (unpaired) electrons. The Morgan fingerprint density at radius 2 is 1.61 bits per heavy atom. The summed E-state index contributed by atoms with van der Waals surface area (Å²) in [6, 6.07) is 8.07. The second kappa shape index (κ2) is 10.5. The van der Waals surface area contributed by atoms with E-state index in [1.807, 2.05) is 25.1 Å². The Kier molecular flexibility index (Phi) is 8.49. The van der Waals surface area contributed by atoms with E-state index in [2.05, 4.69) is 60.3 Å². The molecule has 0 N–H and O–H groups in total. The summed E-state index contributed by atoms with van der Waals surface area (Å²) >= 11 is 0. The number of ether oxygens (including phenoxy) is 2. The number of carbonyl (C=O) groups excluding carboxylic acids is 1. The zero-order valence-electron chi connectivity index (χ0n) is 20.4. The maximum atomic E-state index is 12.9. The molecule has 31 heavy (non-hydrogen) atoms. The van der Waals surface area contributed by atoms with Gasteiger partial charge in [0.25, 0.3) is 8.32 Å². The van der Waals surface area contributed by atoms with Crippen LogP contribution >= 0.6 is 0 Å². The topological polar surface area (TPSA) is 44.8 Å². The number of esters is 1. The molecule has 0 unspecified atom stereocenters. The van der Waals surface area contributed by atoms with E-state index in [0.29, 0.717) is 28.8 Å². The molecule has 0 saturated heterocycles. The van der Waals surface area contributed by atoms with Crippen LogP contribution in [-0.2, 0) is 9.47 Å². The molecule has 0 bridgehead atoms. The van der Waals surface area contributed by atoms with E-state index in [1.54, 1.807) is 7.11 Å². The lowest BCUT2D eigenvalue weighted by Gasteiger charge is -2.42. The van der Waals surface area contributed by atoms with Crippen LogP contribution in [0.5, 0.6) is 5.75 Å². The second-order valence-corrected chi connectivity index (χ2v) is 14.5. The highest BCUT2D eigenvalue weighted by atomic mass is 28.4. The fourth-order valence-corrected chi connectivity index (χ4v) is 10.1. The van der Waals surface area contributed by atoms with Gasteiger partial charge < -0.3 is 13.9 Å². The first-order valence-corrected chi connectivity index (χ1v) is 13.3. The Labute approximate surface area is 188 Å². The number of hydrogen-bond acceptors (Lipinski definition) is 4. The zero-order chi connectivity index (χ0) is 23.3. The molecule has 2 rings (SSSR count). The van der Waals surface area contributed by atoms with Gasteiger partial charge in [0.05, 0.1) is 12.2 Å². The summed E-state index contributed by atoms with van der Waals surface area (Å²) in [5, 5.41) is 2.02. The standard InChI is InChI=1S/C26H38O4Si/c1-10-21-11-12-22-23(15-21)20(8)24(26(27)29-14-13-28-9)16-25(22)30-31(17(2)3,18(4)5)19(6)7/h10-12,15-19H,1,13-14H2,2-9H3. The van der Waals surface area contributed by atoms with E-state index in [-0.39, 0.29) is 12.6 Å². The van der Waals surface area contributed by atoms with Crippen LogP contribution in [0.4, 0.5) is 0 Å². The molecule has 0 aliphatic carbocycles. The third-order valence-corrected chi connectivity index (χ3v) is 12.4. The van der Waals surface area contributed by atoms with Gasteiger partial charge in [-0.3, -0.25) is 0 Å². The fraction of sp³-hybridized carbons (Fsp3) is 0.500. The van der Waals surface area contributed by atoms with Crippen molar-refractivity contribution < 1.29 is 18.7 Å². The number of hydrogen-bond donors (Lipinski definition) is 0. The maximum Gasteiger partial charge on any atom is 0.338 e. The van der Waals surface area contributed by atoms with Gasteiger partial charge in [0.2, 0.25) is 0 Å². The Morgan fingerprint density at radius 3 is 2.13 bits per heavy atom. The van der Waals surface area contributed by atoms with Crippen molar-refractivity contribution in [3.8, 4) is 5.75 Å². The normalized spacial score (nSPS) is 12.1. The quantitative estimate of drug-likeness (QED) is 0.223. The number of benzene rings is 2. The summed E-state index contributed by atoms with van der Waals surface area (Å²) in [6.45, 7) is 20.0. The summed E-state index contributed by atoms with van der Waals surface area (Å²) in [4.78, 5) is 12.9. The SMILES string of the molecule is C=Cc1ccc2c(O[Si](C(C)C)(C(C)C)C(C)C)cc(C(=O)OCCOC)c(C)c2c1. The van der Waals surface area contributed by atoms with E-state index < -0.39 is 8.32 Å². The van der Waals surface area contributed by atoms with Gasteiger partial charge in [-0.25, -0.2) is 4.79 Å². The average molecular weight is 443 g/mol. The lowest BCUT2D eigenvalue weighted by molar-refractivity contribution is 0.0387. The predicted molar refractivity (Wildman–Crippen MR) is 133 cm³/mol. The highest BCUT2D eigenvalue weighted by Gasteiger charge is 2.47. The molecule has 0 aliphatic rings. The molecule has 5 heteroatoms. The lowest BCUT2D eigenvalue weighted by atomic mass is 9.97. The van der Waals surface area contributed by atoms with Gasteiger partial charge in [-0.2, -0.15) is 0 Å². The summed E-state index contributed by atoms with van der Waals surface area (Å²) in [7, 11) is -0.617. The molecule has 170 valence electrons. The zero-order valence-corrected chi connectivity index (χ0v) is 21.4. The molecule has 4 nitrogen and oxygen atoms in total. The first-order chi connectivity index (χ1) is 14.6. The van der Waals surface area contributed by atoms with Crippen molar-refractivity contribution in [1.82, 2.24) is 0 Å². The molecule has 0 amide bonds. The smallest absolute Gasteiger partial charge is 0.338 e. The van der Waals surface area contributed by atoms with Crippen molar-refractivity contribution in [2.24, 2.45) is 0 Å². The Morgan fingerprint density at radius 1 is 1.00 bits per heavy atom. The molecule has 0 aromatic heterocycles. The Hall–Kier alpha value is -2.11. The van der Waals surface area contributed by atoms with Crippen LogP contribution in [0.2, 0.25) is 16.6 Å². The van der Waals surface area contributed by atoms with Gasteiger partial charge in [0.1, 0.15) is 12.4 Å². The van der Waals surface area contributed by atoms with Crippen molar-refractivity contribution in [2.45, 2.75) is 65.1 Å². The average Bonchev–Trinajstić information content (AvgIpc) is 2.72. The first-order valence-electron chi connectivity index (χ1n) is 11.1. The minimum absolute atomic E-state index is 0.221. The molecule has 0 aliphatic heterocycles. The molecule has 0 atom stereocenters. The van der Waals surface area contributed by atoms with Gasteiger partial charge in [-0.15, -0.1) is 0 Å². The first kappa shape index (κ1) is 25.2. The van der Waals surface area contributed by atoms with Crippen molar-refractivity contribution in [3.63, 3.8) is 0 Å². The molecular weight excluding hydrogens is 404 g/mol. The molecule has 0 heterocycles. The van der Waals surface area contributed by atoms with Gasteiger partial charge >= 0.3 is 5.97 Å². The highest BCUT2D eigenvalue weighted by Crippen LogP contribution is 2.45. The summed E-state index contributed by atoms with van der Waals surface area (Å²) in [5.41, 5.74) is 3.71. The van der Waals surface area contributed by atoms with Gasteiger partial charge in [0, 0.05) is 12.5 Å². The minimum atomic E-state index is -2.21. The number of rotatable bonds is 10. The number of aryl methyl sites for hydroxylation is 1. The van der Waals surface area contributed by atoms with E-state index in [1.165, 1.54) is 0 Å². The number of methoxy groups -OCH3 is 1. The van der Waals surface area contributed by atoms with E-state index >= 15 is 0 Å². The Bertz CT molecular complexity index is 909. The van der Waals surface area contributed by atoms with Crippen molar-refractivity contribution in [2.75, 3.05) is 20.3 Å². The van der Waals surface area contributed by atoms with Gasteiger partial charge in [-0.1, -0.05) is 66.3 Å². The fourth-order valence-electron chi connectivity index (χ4n) is 4.81. The molecule has 2 aromatic carbocycles. The van der Waals surface area contributed by atoms with Crippen LogP contribution in [0.1, 0.15) is 63.0 Å². The molecule has 0 spiro atoms. The van der Waals surface area contributed by atoms with Crippen LogP contribution in [0.25, 0.3) is 16.8 Å². The number of fused-ring (bicyclic) bond motifs is 1. The maximum absolute atomic E-state index is 12.9. The summed E-state index contributed by atoms with van der Waals surface area (Å²) < 4.78 is 17.5. The van der Waals surface area contributed by atoms with Gasteiger partial charge in [0.15, 0.2) is 0 Å². The van der Waals surface area contributed by atoms with Crippen LogP contribution in [0.15, 0.2) is 30.8 Å². The van der Waals surface area contributed by atoms with Crippen molar-refractivity contribution in [3.05, 3.63) is 47.5 Å². The molecule has 2 aromatic rings. The molecule has 0 fully saturated rings. The highest BCUT2D eigenvalue weighted by molar-refractivity contribution is 6.78. The molecule has 0 saturated carbocycles. The lowest BCUT2D eigenvalue weighted by Crippen LogP contribution is -2.50. The summed E-state index contributed by atoms with van der Waals surface area (Å²) in [6.07, 6.45) is 1.82. The number of carbonyl (C=O) groups is 1. The predicted octanol–water partition coefficient (Wildman–Crippen LogP) is 7.15. The van der Waals surface area contributed by atoms with Crippen LogP contribution in [0, 0.1) is 6.92 Å². The monoisotopic (exact) mass is 442 g/mol. The van der Waals surface area contributed by atoms with E-state index in [9.17, 15) is 4.79 Å². The van der Waals surface area contributed by atoms with E-state index in [0.717, 1.165) is 27.6 Å². The third kappa shape index (κ3) is 5.04. The minimum Gasteiger partial charge on any atom is -0.542 e. The van der Waals surface area contributed by atoms with Crippen molar-refractivity contribution >= 4 is 31.1 Å². The van der Waals surface area contributed by atoms with E-state index in [4.69, 9.17) is 13.9 Å². The third-order valence-electron chi connectivity index (χ3n) is 6.36. The van der Waals surface area contributed by atoms with Crippen LogP contribution in [-0.4, -0.2) is 34.6 Å². The van der Waals surface area contributed by atoms with Gasteiger partial charge in [-0.05, 0) is 52.2 Å².